The number of carbonyl (C=O) groups is 4. The predicted molar refractivity (Wildman–Crippen MR) is 232 cm³/mol. The van der Waals surface area contributed by atoms with Crippen LogP contribution >= 0.6 is 11.3 Å². The number of carbonyl (C=O) groups excluding carboxylic acids is 4. The van der Waals surface area contributed by atoms with Crippen molar-refractivity contribution < 1.29 is 37.1 Å². The van der Waals surface area contributed by atoms with Crippen LogP contribution in [-0.2, 0) is 40.5 Å². The minimum absolute atomic E-state index is 0.0534. The second-order valence-electron chi connectivity index (χ2n) is 18.2. The Hall–Kier alpha value is -4.15. The quantitative estimate of drug-likeness (QED) is 0.155. The van der Waals surface area contributed by atoms with E-state index in [-0.39, 0.29) is 49.5 Å². The number of aromatic nitrogens is 3. The lowest BCUT2D eigenvalue weighted by atomic mass is 9.90. The maximum atomic E-state index is 14.8. The number of esters is 1. The number of Topliss-reactive ketones (excluding diaryl/α,β-unsaturated/α-hetero) is 1. The largest absolute Gasteiger partial charge is 0.460 e. The van der Waals surface area contributed by atoms with Crippen LogP contribution in [0.2, 0.25) is 0 Å². The van der Waals surface area contributed by atoms with Crippen molar-refractivity contribution in [2.75, 3.05) is 20.6 Å². The van der Waals surface area contributed by atoms with E-state index in [4.69, 9.17) is 19.4 Å². The van der Waals surface area contributed by atoms with Gasteiger partial charge in [0.2, 0.25) is 11.8 Å². The molecule has 16 heteroatoms. The van der Waals surface area contributed by atoms with Crippen LogP contribution in [0.3, 0.4) is 0 Å². The van der Waals surface area contributed by atoms with Crippen molar-refractivity contribution in [3.05, 3.63) is 40.9 Å². The summed E-state index contributed by atoms with van der Waals surface area (Å²) in [6.07, 6.45) is 8.63. The van der Waals surface area contributed by atoms with E-state index in [2.05, 4.69) is 18.6 Å². The molecule has 1 saturated heterocycles. The average Bonchev–Trinajstić information content (AvgIpc) is 3.40. The number of allylic oxidation sites excluding steroid dienone is 2. The number of hydrogen-bond acceptors (Lipinski definition) is 11. The Morgan fingerprint density at radius 1 is 1.12 bits per heavy atom. The van der Waals surface area contributed by atoms with Crippen molar-refractivity contribution in [3.8, 4) is 16.6 Å². The number of imidazole rings is 1. The summed E-state index contributed by atoms with van der Waals surface area (Å²) in [7, 11) is -1.48. The fourth-order valence-corrected chi connectivity index (χ4v) is 10.1. The fraction of sp³-hybridized carbons (Fsp3) is 0.636. The lowest BCUT2D eigenvalue weighted by molar-refractivity contribution is -0.159. The van der Waals surface area contributed by atoms with Gasteiger partial charge >= 0.3 is 16.2 Å². The van der Waals surface area contributed by atoms with Gasteiger partial charge < -0.3 is 14.4 Å². The highest BCUT2D eigenvalue weighted by Crippen LogP contribution is 2.57. The summed E-state index contributed by atoms with van der Waals surface area (Å²) in [4.78, 5) is 69.3. The molecule has 2 fully saturated rings. The van der Waals surface area contributed by atoms with Gasteiger partial charge in [0, 0.05) is 49.3 Å². The number of aryl methyl sites for hydroxylation is 2. The van der Waals surface area contributed by atoms with E-state index in [1.165, 1.54) is 23.9 Å². The molecule has 60 heavy (non-hydrogen) atoms. The van der Waals surface area contributed by atoms with Crippen LogP contribution in [0.25, 0.3) is 21.6 Å². The van der Waals surface area contributed by atoms with Gasteiger partial charge in [-0.2, -0.15) is 17.7 Å². The van der Waals surface area contributed by atoms with E-state index < -0.39 is 51.2 Å². The lowest BCUT2D eigenvalue weighted by Crippen LogP contribution is -2.47. The summed E-state index contributed by atoms with van der Waals surface area (Å²) in [5, 5.41) is 0.880. The van der Waals surface area contributed by atoms with E-state index >= 15 is 0 Å². The van der Waals surface area contributed by atoms with Gasteiger partial charge in [-0.15, -0.1) is 11.3 Å². The number of rotatable bonds is 11. The number of benzene rings is 1. The maximum absolute atomic E-state index is 14.8. The van der Waals surface area contributed by atoms with Crippen LogP contribution < -0.4 is 9.46 Å². The first-order chi connectivity index (χ1) is 28.2. The zero-order valence-corrected chi connectivity index (χ0v) is 38.2. The molecule has 1 N–H and O–H groups in total. The van der Waals surface area contributed by atoms with Crippen molar-refractivity contribution >= 4 is 56.1 Å². The number of fused-ring (bicyclic) bond motifs is 3. The Balaban J connectivity index is 1.36. The highest BCUT2D eigenvalue weighted by molar-refractivity contribution is 7.87. The van der Waals surface area contributed by atoms with E-state index in [1.807, 2.05) is 48.8 Å². The van der Waals surface area contributed by atoms with E-state index in [0.29, 0.717) is 25.3 Å². The van der Waals surface area contributed by atoms with Gasteiger partial charge in [-0.3, -0.25) is 23.7 Å². The van der Waals surface area contributed by atoms with Crippen molar-refractivity contribution in [2.24, 2.45) is 17.3 Å². The van der Waals surface area contributed by atoms with E-state index in [0.717, 1.165) is 63.7 Å². The van der Waals surface area contributed by atoms with Crippen molar-refractivity contribution in [3.63, 3.8) is 0 Å². The van der Waals surface area contributed by atoms with Crippen LogP contribution in [0, 0.1) is 24.2 Å². The summed E-state index contributed by atoms with van der Waals surface area (Å²) in [5.74, 6) is -3.03. The normalized spacial score (nSPS) is 24.8. The van der Waals surface area contributed by atoms with Crippen LogP contribution in [0.1, 0.15) is 122 Å². The molecule has 0 radical (unpaired) electrons. The molecule has 3 aromatic rings. The number of ketones is 1. The Kier molecular flexibility index (Phi) is 13.7. The third-order valence-electron chi connectivity index (χ3n) is 11.8. The van der Waals surface area contributed by atoms with Crippen LogP contribution in [-0.4, -0.2) is 94.1 Å². The molecule has 328 valence electrons. The molecule has 1 aromatic carbocycles. The van der Waals surface area contributed by atoms with Gasteiger partial charge in [0.25, 0.3) is 6.01 Å². The Bertz CT molecular complexity index is 2240. The third-order valence-corrected chi connectivity index (χ3v) is 14.2. The van der Waals surface area contributed by atoms with Gasteiger partial charge in [-0.25, -0.2) is 9.71 Å². The summed E-state index contributed by atoms with van der Waals surface area (Å²) in [6.45, 7) is 13.7. The van der Waals surface area contributed by atoms with Crippen LogP contribution in [0.4, 0.5) is 0 Å². The molecule has 3 aliphatic rings. The first kappa shape index (κ1) is 45.4. The molecule has 2 amide bonds. The highest BCUT2D eigenvalue weighted by Gasteiger charge is 2.61. The minimum Gasteiger partial charge on any atom is -0.460 e. The molecule has 1 aliphatic carbocycles. The first-order valence-electron chi connectivity index (χ1n) is 21.3. The number of nitrogens with zero attached hydrogens (tertiary/aromatic N) is 5. The Morgan fingerprint density at radius 2 is 1.87 bits per heavy atom. The SMILES string of the molecule is CCCc1nc(-c2cccc3c2nc(O[C@@H]2C[C@H]4C(=O)C[C@]5(C(=O)NS(=O)(=O)N(C)C)C[C@@H]5/C=C\CCCCC[C@H](CC(=O)OC(C)(C)C)C(=O)N4C2)n3C(C)C)sc1C. The van der Waals surface area contributed by atoms with Crippen LogP contribution in [0.15, 0.2) is 30.4 Å². The molecule has 0 spiro atoms. The van der Waals surface area contributed by atoms with Crippen molar-refractivity contribution in [1.29, 1.82) is 0 Å². The van der Waals surface area contributed by atoms with Crippen molar-refractivity contribution in [2.45, 2.75) is 143 Å². The van der Waals surface area contributed by atoms with Gasteiger partial charge in [-0.1, -0.05) is 44.4 Å². The van der Waals surface area contributed by atoms with Gasteiger partial charge in [0.1, 0.15) is 22.2 Å². The molecule has 0 unspecified atom stereocenters. The number of para-hydroxylation sites is 1. The molecule has 2 aliphatic heterocycles. The molecular weight excluding hydrogens is 805 g/mol. The molecule has 6 rings (SSSR count). The summed E-state index contributed by atoms with van der Waals surface area (Å²) in [5.41, 5.74) is 1.54. The van der Waals surface area contributed by atoms with Gasteiger partial charge in [0.05, 0.1) is 35.6 Å². The highest BCUT2D eigenvalue weighted by atomic mass is 32.2. The smallest absolute Gasteiger partial charge is 0.307 e. The number of hydrogen-bond donors (Lipinski definition) is 1. The number of nitrogens with one attached hydrogen (secondary N) is 1. The number of amides is 2. The molecule has 1 saturated carbocycles. The second kappa shape index (κ2) is 18.1. The summed E-state index contributed by atoms with van der Waals surface area (Å²) in [6, 6.07) is 5.31. The van der Waals surface area contributed by atoms with Gasteiger partial charge in [-0.05, 0) is 91.7 Å². The van der Waals surface area contributed by atoms with Crippen LogP contribution in [0.5, 0.6) is 6.01 Å². The number of thiazole rings is 1. The van der Waals surface area contributed by atoms with E-state index in [1.54, 1.807) is 32.1 Å². The van der Waals surface area contributed by atoms with Crippen molar-refractivity contribution in [1.82, 2.24) is 28.5 Å². The summed E-state index contributed by atoms with van der Waals surface area (Å²) >= 11 is 1.64. The first-order valence-corrected chi connectivity index (χ1v) is 23.6. The average molecular weight is 867 g/mol. The third kappa shape index (κ3) is 9.97. The Morgan fingerprint density at radius 3 is 2.55 bits per heavy atom. The predicted octanol–water partition coefficient (Wildman–Crippen LogP) is 7.11. The van der Waals surface area contributed by atoms with E-state index in [9.17, 15) is 27.6 Å². The fourth-order valence-electron chi connectivity index (χ4n) is 8.53. The standard InChI is InChI=1S/C44H62N6O8S2/c1-10-17-33-28(4)59-39(45-33)32-20-16-21-34-38(32)46-42(50(34)27(2)3)57-31-23-35-36(51)25-44(41(54)47-60(55,56)48(8)9)24-30(44)19-15-13-11-12-14-18-29(40(53)49(35)26-31)22-37(52)58-43(5,6)7/h15-16,19-21,27,29-31,35H,10-14,17-18,22-26H2,1-9H3,(H,47,54)/b19-15-/t29-,30+,31-,35+,44-/m1/s1. The van der Waals surface area contributed by atoms with Gasteiger partial charge in [0.15, 0.2) is 5.78 Å². The Labute approximate surface area is 358 Å². The number of ether oxygens (including phenoxy) is 2. The molecule has 4 heterocycles. The minimum atomic E-state index is -4.13. The monoisotopic (exact) mass is 866 g/mol. The molecule has 2 aromatic heterocycles. The zero-order valence-electron chi connectivity index (χ0n) is 36.6. The molecule has 5 atom stereocenters. The molecule has 14 nitrogen and oxygen atoms in total. The summed E-state index contributed by atoms with van der Waals surface area (Å²) < 4.78 is 43.2. The zero-order chi connectivity index (χ0) is 43.7. The topological polar surface area (TPSA) is 170 Å². The lowest BCUT2D eigenvalue weighted by Gasteiger charge is -2.29. The molecular formula is C44H62N6O8S2. The maximum Gasteiger partial charge on any atom is 0.307 e. The second-order valence-corrected chi connectivity index (χ2v) is 21.3. The molecule has 0 bridgehead atoms.